The van der Waals surface area contributed by atoms with Crippen LogP contribution < -0.4 is 5.32 Å². The van der Waals surface area contributed by atoms with E-state index in [1.165, 1.54) is 6.42 Å². The van der Waals surface area contributed by atoms with Crippen molar-refractivity contribution >= 4 is 0 Å². The number of ether oxygens (including phenoxy) is 1. The van der Waals surface area contributed by atoms with Crippen molar-refractivity contribution in [3.8, 4) is 0 Å². The number of hydrogen-bond donors (Lipinski definition) is 1. The van der Waals surface area contributed by atoms with Crippen molar-refractivity contribution in [2.75, 3.05) is 20.3 Å². The van der Waals surface area contributed by atoms with Crippen molar-refractivity contribution in [1.82, 2.24) is 5.32 Å². The number of hydrogen-bond acceptors (Lipinski definition) is 2. The van der Waals surface area contributed by atoms with Gasteiger partial charge in [0.05, 0.1) is 0 Å². The number of alkyl halides is 3. The fraction of sp³-hybridized carbons (Fsp3) is 1.00. The van der Waals surface area contributed by atoms with Gasteiger partial charge in [0.1, 0.15) is 6.61 Å². The molecule has 126 valence electrons. The molecule has 3 atom stereocenters. The Bertz CT molecular complexity index is 299. The number of halogens is 3. The molecule has 0 amide bonds. The standard InChI is InChI=1S/C16H30F3NO/c1-15(2,3)13-7-8-14(20-4)12(10-13)6-5-9-21-11-16(17,18)19/h12-14,20H,5-11H2,1-4H3. The van der Waals surface area contributed by atoms with Crippen LogP contribution >= 0.6 is 0 Å². The topological polar surface area (TPSA) is 21.3 Å². The second kappa shape index (κ2) is 7.82. The average molecular weight is 309 g/mol. The molecule has 1 aliphatic rings. The second-order valence-electron chi connectivity index (χ2n) is 7.34. The monoisotopic (exact) mass is 309 g/mol. The Balaban J connectivity index is 2.35. The van der Waals surface area contributed by atoms with Gasteiger partial charge in [-0.05, 0) is 56.4 Å². The van der Waals surface area contributed by atoms with E-state index in [9.17, 15) is 13.2 Å². The Morgan fingerprint density at radius 2 is 1.81 bits per heavy atom. The summed E-state index contributed by atoms with van der Waals surface area (Å²) in [5.41, 5.74) is 0.309. The molecule has 2 nitrogen and oxygen atoms in total. The number of nitrogens with one attached hydrogen (secondary N) is 1. The van der Waals surface area contributed by atoms with E-state index in [-0.39, 0.29) is 6.61 Å². The molecule has 0 aromatic heterocycles. The summed E-state index contributed by atoms with van der Waals surface area (Å²) in [6.07, 6.45) is 0.984. The van der Waals surface area contributed by atoms with Gasteiger partial charge in [0, 0.05) is 12.6 Å². The van der Waals surface area contributed by atoms with Crippen molar-refractivity contribution in [3.05, 3.63) is 0 Å². The van der Waals surface area contributed by atoms with Crippen molar-refractivity contribution in [2.45, 2.75) is 65.1 Å². The molecule has 1 rings (SSSR count). The highest BCUT2D eigenvalue weighted by molar-refractivity contribution is 4.88. The molecule has 0 saturated heterocycles. The van der Waals surface area contributed by atoms with Crippen LogP contribution in [-0.4, -0.2) is 32.5 Å². The van der Waals surface area contributed by atoms with E-state index in [0.717, 1.165) is 19.3 Å². The largest absolute Gasteiger partial charge is 0.411 e. The van der Waals surface area contributed by atoms with Crippen LogP contribution in [0.3, 0.4) is 0 Å². The summed E-state index contributed by atoms with van der Waals surface area (Å²) in [6, 6.07) is 0.492. The Morgan fingerprint density at radius 3 is 2.33 bits per heavy atom. The Morgan fingerprint density at radius 1 is 1.14 bits per heavy atom. The molecule has 0 aliphatic heterocycles. The van der Waals surface area contributed by atoms with Crippen LogP contribution in [0.15, 0.2) is 0 Å². The number of rotatable bonds is 6. The van der Waals surface area contributed by atoms with E-state index in [1.54, 1.807) is 0 Å². The van der Waals surface area contributed by atoms with E-state index < -0.39 is 12.8 Å². The fourth-order valence-electron chi connectivity index (χ4n) is 3.39. The highest BCUT2D eigenvalue weighted by Gasteiger charge is 2.35. The van der Waals surface area contributed by atoms with Gasteiger partial charge in [0.2, 0.25) is 0 Å². The molecule has 1 fully saturated rings. The summed E-state index contributed by atoms with van der Waals surface area (Å²) in [4.78, 5) is 0. The molecule has 1 N–H and O–H groups in total. The van der Waals surface area contributed by atoms with Crippen LogP contribution in [0.25, 0.3) is 0 Å². The first-order valence-corrected chi connectivity index (χ1v) is 7.95. The summed E-state index contributed by atoms with van der Waals surface area (Å²) in [5.74, 6) is 1.24. The second-order valence-corrected chi connectivity index (χ2v) is 7.34. The Kier molecular flexibility index (Phi) is 6.98. The Labute approximate surface area is 126 Å². The predicted octanol–water partition coefficient (Wildman–Crippen LogP) is 4.40. The summed E-state index contributed by atoms with van der Waals surface area (Å²) >= 11 is 0. The van der Waals surface area contributed by atoms with Gasteiger partial charge < -0.3 is 10.1 Å². The molecule has 5 heteroatoms. The van der Waals surface area contributed by atoms with E-state index in [1.807, 2.05) is 7.05 Å². The van der Waals surface area contributed by atoms with Crippen LogP contribution in [0.1, 0.15) is 52.9 Å². The van der Waals surface area contributed by atoms with Crippen molar-refractivity contribution < 1.29 is 17.9 Å². The van der Waals surface area contributed by atoms with E-state index >= 15 is 0 Å². The van der Waals surface area contributed by atoms with E-state index in [2.05, 4.69) is 26.1 Å². The smallest absolute Gasteiger partial charge is 0.372 e. The minimum absolute atomic E-state index is 0.201. The third-order valence-electron chi connectivity index (χ3n) is 4.71. The molecule has 0 spiro atoms. The average Bonchev–Trinajstić information content (AvgIpc) is 2.35. The third kappa shape index (κ3) is 7.00. The molecule has 0 aromatic rings. The molecule has 0 aromatic carbocycles. The van der Waals surface area contributed by atoms with Crippen LogP contribution in [0.4, 0.5) is 13.2 Å². The summed E-state index contributed by atoms with van der Waals surface area (Å²) in [7, 11) is 1.98. The van der Waals surface area contributed by atoms with Crippen LogP contribution in [0.5, 0.6) is 0 Å². The van der Waals surface area contributed by atoms with Crippen molar-refractivity contribution in [3.63, 3.8) is 0 Å². The summed E-state index contributed by atoms with van der Waals surface area (Å²) in [6.45, 7) is 5.91. The third-order valence-corrected chi connectivity index (χ3v) is 4.71. The van der Waals surface area contributed by atoms with E-state index in [4.69, 9.17) is 4.74 Å². The first-order valence-electron chi connectivity index (χ1n) is 7.95. The lowest BCUT2D eigenvalue weighted by atomic mass is 9.66. The normalized spacial score (nSPS) is 27.9. The predicted molar refractivity (Wildman–Crippen MR) is 79.2 cm³/mol. The van der Waals surface area contributed by atoms with Crippen molar-refractivity contribution in [2.24, 2.45) is 17.3 Å². The molecular weight excluding hydrogens is 279 g/mol. The molecule has 0 radical (unpaired) electrons. The Hall–Kier alpha value is -0.290. The van der Waals surface area contributed by atoms with Gasteiger partial charge in [-0.1, -0.05) is 20.8 Å². The van der Waals surface area contributed by atoms with Crippen LogP contribution in [0.2, 0.25) is 0 Å². The molecule has 1 aliphatic carbocycles. The van der Waals surface area contributed by atoms with Gasteiger partial charge in [0.15, 0.2) is 0 Å². The minimum atomic E-state index is -4.21. The molecule has 0 bridgehead atoms. The highest BCUT2D eigenvalue weighted by Crippen LogP contribution is 2.41. The van der Waals surface area contributed by atoms with Gasteiger partial charge in [-0.3, -0.25) is 0 Å². The first-order chi connectivity index (χ1) is 9.63. The zero-order chi connectivity index (χ0) is 16.1. The molecule has 21 heavy (non-hydrogen) atoms. The maximum Gasteiger partial charge on any atom is 0.411 e. The van der Waals surface area contributed by atoms with Gasteiger partial charge in [-0.2, -0.15) is 13.2 Å². The van der Waals surface area contributed by atoms with Crippen LogP contribution in [0, 0.1) is 17.3 Å². The zero-order valence-electron chi connectivity index (χ0n) is 13.7. The van der Waals surface area contributed by atoms with Gasteiger partial charge in [-0.15, -0.1) is 0 Å². The minimum Gasteiger partial charge on any atom is -0.372 e. The molecular formula is C16H30F3NO. The maximum atomic E-state index is 12.0. The zero-order valence-corrected chi connectivity index (χ0v) is 13.7. The summed E-state index contributed by atoms with van der Waals surface area (Å²) in [5, 5.41) is 3.37. The SMILES string of the molecule is CNC1CCC(C(C)(C)C)CC1CCCOCC(F)(F)F. The highest BCUT2D eigenvalue weighted by atomic mass is 19.4. The van der Waals surface area contributed by atoms with E-state index in [0.29, 0.717) is 29.7 Å². The van der Waals surface area contributed by atoms with Gasteiger partial charge >= 0.3 is 6.18 Å². The van der Waals surface area contributed by atoms with Crippen molar-refractivity contribution in [1.29, 1.82) is 0 Å². The quantitative estimate of drug-likeness (QED) is 0.734. The lowest BCUT2D eigenvalue weighted by Crippen LogP contribution is -2.41. The van der Waals surface area contributed by atoms with Crippen LogP contribution in [-0.2, 0) is 4.74 Å². The molecule has 3 unspecified atom stereocenters. The lowest BCUT2D eigenvalue weighted by Gasteiger charge is -2.42. The van der Waals surface area contributed by atoms with Gasteiger partial charge in [0.25, 0.3) is 0 Å². The van der Waals surface area contributed by atoms with Gasteiger partial charge in [-0.25, -0.2) is 0 Å². The lowest BCUT2D eigenvalue weighted by molar-refractivity contribution is -0.174. The first kappa shape index (κ1) is 18.8. The molecule has 0 heterocycles. The molecule has 1 saturated carbocycles. The summed E-state index contributed by atoms with van der Waals surface area (Å²) < 4.78 is 40.7. The maximum absolute atomic E-state index is 12.0. The fourth-order valence-corrected chi connectivity index (χ4v) is 3.39.